The Morgan fingerprint density at radius 1 is 1.17 bits per heavy atom. The Hall–Kier alpha value is -1.14. The number of ether oxygens (including phenoxy) is 1. The van der Waals surface area contributed by atoms with Gasteiger partial charge in [0, 0.05) is 25.6 Å². The van der Waals surface area contributed by atoms with Crippen LogP contribution in [0, 0.1) is 5.92 Å². The van der Waals surface area contributed by atoms with Crippen LogP contribution < -0.4 is 10.6 Å². The summed E-state index contributed by atoms with van der Waals surface area (Å²) < 4.78 is 5.35. The second-order valence-corrected chi connectivity index (χ2v) is 4.93. The summed E-state index contributed by atoms with van der Waals surface area (Å²) in [5, 5.41) is 14.8. The van der Waals surface area contributed by atoms with Crippen molar-refractivity contribution in [2.24, 2.45) is 5.92 Å². The highest BCUT2D eigenvalue weighted by Crippen LogP contribution is 2.28. The van der Waals surface area contributed by atoms with Crippen LogP contribution in [0.15, 0.2) is 0 Å². The molecule has 0 radical (unpaired) electrons. The number of hydrogen-bond donors (Lipinski definition) is 3. The van der Waals surface area contributed by atoms with Crippen LogP contribution >= 0.6 is 0 Å². The van der Waals surface area contributed by atoms with Gasteiger partial charge in [0.05, 0.1) is 6.10 Å². The molecule has 0 spiro atoms. The van der Waals surface area contributed by atoms with E-state index < -0.39 is 12.1 Å². The number of nitrogens with one attached hydrogen (secondary N) is 2. The average Bonchev–Trinajstić information content (AvgIpc) is 3.08. The molecule has 2 aliphatic rings. The van der Waals surface area contributed by atoms with Gasteiger partial charge in [0.1, 0.15) is 0 Å². The molecule has 6 nitrogen and oxygen atoms in total. The maximum atomic E-state index is 11.3. The SMILES string of the molecule is O=C(NCCNCC1CCC(C(=O)O)O1)C1CC1. The maximum Gasteiger partial charge on any atom is 0.332 e. The van der Waals surface area contributed by atoms with Crippen LogP contribution in [0.4, 0.5) is 0 Å². The van der Waals surface area contributed by atoms with Crippen molar-refractivity contribution >= 4 is 11.9 Å². The lowest BCUT2D eigenvalue weighted by molar-refractivity contribution is -0.149. The molecule has 0 aromatic heterocycles. The van der Waals surface area contributed by atoms with E-state index in [2.05, 4.69) is 10.6 Å². The normalized spacial score (nSPS) is 27.1. The molecule has 1 saturated heterocycles. The van der Waals surface area contributed by atoms with E-state index in [1.54, 1.807) is 0 Å². The van der Waals surface area contributed by atoms with Crippen LogP contribution in [0.5, 0.6) is 0 Å². The number of carbonyl (C=O) groups excluding carboxylic acids is 1. The molecule has 2 fully saturated rings. The summed E-state index contributed by atoms with van der Waals surface area (Å²) in [7, 11) is 0. The van der Waals surface area contributed by atoms with E-state index in [1.807, 2.05) is 0 Å². The van der Waals surface area contributed by atoms with E-state index in [-0.39, 0.29) is 17.9 Å². The molecule has 1 aliphatic heterocycles. The lowest BCUT2D eigenvalue weighted by atomic mass is 10.2. The van der Waals surface area contributed by atoms with Crippen LogP contribution in [0.3, 0.4) is 0 Å². The first-order valence-corrected chi connectivity index (χ1v) is 6.53. The Kier molecular flexibility index (Phi) is 4.54. The molecule has 1 heterocycles. The van der Waals surface area contributed by atoms with Gasteiger partial charge in [0.25, 0.3) is 0 Å². The van der Waals surface area contributed by atoms with Crippen molar-refractivity contribution in [3.8, 4) is 0 Å². The van der Waals surface area contributed by atoms with Crippen molar-refractivity contribution in [1.29, 1.82) is 0 Å². The summed E-state index contributed by atoms with van der Waals surface area (Å²) in [5.41, 5.74) is 0. The number of rotatable bonds is 7. The van der Waals surface area contributed by atoms with Crippen LogP contribution in [-0.4, -0.2) is 48.8 Å². The molecule has 3 N–H and O–H groups in total. The van der Waals surface area contributed by atoms with E-state index in [1.165, 1.54) is 0 Å². The predicted molar refractivity (Wildman–Crippen MR) is 64.1 cm³/mol. The Bertz CT molecular complexity index is 317. The fourth-order valence-electron chi connectivity index (χ4n) is 2.06. The van der Waals surface area contributed by atoms with Crippen molar-refractivity contribution in [1.82, 2.24) is 10.6 Å². The molecule has 2 atom stereocenters. The second-order valence-electron chi connectivity index (χ2n) is 4.93. The lowest BCUT2D eigenvalue weighted by Crippen LogP contribution is -2.36. The van der Waals surface area contributed by atoms with Gasteiger partial charge in [-0.05, 0) is 25.7 Å². The molecule has 0 aromatic rings. The minimum atomic E-state index is -0.880. The molecule has 0 aromatic carbocycles. The number of aliphatic carboxylic acids is 1. The van der Waals surface area contributed by atoms with Crippen molar-refractivity contribution < 1.29 is 19.4 Å². The molecule has 1 saturated carbocycles. The third-order valence-corrected chi connectivity index (χ3v) is 3.30. The van der Waals surface area contributed by atoms with Gasteiger partial charge >= 0.3 is 5.97 Å². The standard InChI is InChI=1S/C12H20N2O4/c15-11(8-1-2-8)14-6-5-13-7-9-3-4-10(18-9)12(16)17/h8-10,13H,1-7H2,(H,14,15)(H,16,17). The lowest BCUT2D eigenvalue weighted by Gasteiger charge is -2.12. The molecular weight excluding hydrogens is 236 g/mol. The first-order valence-electron chi connectivity index (χ1n) is 6.53. The highest BCUT2D eigenvalue weighted by Gasteiger charge is 2.30. The molecule has 1 amide bonds. The third-order valence-electron chi connectivity index (χ3n) is 3.30. The van der Waals surface area contributed by atoms with Gasteiger partial charge in [-0.1, -0.05) is 0 Å². The Labute approximate surface area is 106 Å². The zero-order valence-electron chi connectivity index (χ0n) is 10.4. The van der Waals surface area contributed by atoms with Crippen LogP contribution in [0.2, 0.25) is 0 Å². The van der Waals surface area contributed by atoms with Crippen LogP contribution in [0.25, 0.3) is 0 Å². The number of hydrogen-bond acceptors (Lipinski definition) is 4. The number of carbonyl (C=O) groups is 2. The average molecular weight is 256 g/mol. The zero-order valence-corrected chi connectivity index (χ0v) is 10.4. The minimum Gasteiger partial charge on any atom is -0.479 e. The molecule has 1 aliphatic carbocycles. The predicted octanol–water partition coefficient (Wildman–Crippen LogP) is -0.266. The Morgan fingerprint density at radius 2 is 1.94 bits per heavy atom. The maximum absolute atomic E-state index is 11.3. The molecular formula is C12H20N2O4. The highest BCUT2D eigenvalue weighted by molar-refractivity contribution is 5.80. The molecule has 0 bridgehead atoms. The van der Waals surface area contributed by atoms with E-state index in [9.17, 15) is 9.59 Å². The van der Waals surface area contributed by atoms with Crippen LogP contribution in [0.1, 0.15) is 25.7 Å². The van der Waals surface area contributed by atoms with Gasteiger partial charge in [-0.25, -0.2) is 4.79 Å². The molecule has 2 unspecified atom stereocenters. The van der Waals surface area contributed by atoms with Crippen molar-refractivity contribution in [2.45, 2.75) is 37.9 Å². The third kappa shape index (κ3) is 3.96. The van der Waals surface area contributed by atoms with E-state index >= 15 is 0 Å². The first kappa shape index (κ1) is 13.3. The fourth-order valence-corrected chi connectivity index (χ4v) is 2.06. The molecule has 102 valence electrons. The minimum absolute atomic E-state index is 0.0229. The monoisotopic (exact) mass is 256 g/mol. The van der Waals surface area contributed by atoms with E-state index in [0.29, 0.717) is 26.1 Å². The summed E-state index contributed by atoms with van der Waals surface area (Å²) in [5.74, 6) is -0.478. The van der Waals surface area contributed by atoms with Gasteiger partial charge in [0.2, 0.25) is 5.91 Å². The van der Waals surface area contributed by atoms with Crippen molar-refractivity contribution in [2.75, 3.05) is 19.6 Å². The van der Waals surface area contributed by atoms with Gasteiger partial charge in [-0.15, -0.1) is 0 Å². The van der Waals surface area contributed by atoms with Crippen molar-refractivity contribution in [3.05, 3.63) is 0 Å². The van der Waals surface area contributed by atoms with Gasteiger partial charge in [-0.3, -0.25) is 4.79 Å². The smallest absolute Gasteiger partial charge is 0.332 e. The molecule has 18 heavy (non-hydrogen) atoms. The topological polar surface area (TPSA) is 87.7 Å². The quantitative estimate of drug-likeness (QED) is 0.546. The zero-order chi connectivity index (χ0) is 13.0. The molecule has 6 heteroatoms. The first-order chi connectivity index (χ1) is 8.66. The summed E-state index contributed by atoms with van der Waals surface area (Å²) in [4.78, 5) is 22.0. The van der Waals surface area contributed by atoms with Gasteiger partial charge in [0.15, 0.2) is 6.10 Å². The second kappa shape index (κ2) is 6.15. The summed E-state index contributed by atoms with van der Waals surface area (Å²) in [6.07, 6.45) is 2.73. The van der Waals surface area contributed by atoms with Crippen molar-refractivity contribution in [3.63, 3.8) is 0 Å². The Balaban J connectivity index is 1.48. The summed E-state index contributed by atoms with van der Waals surface area (Å²) >= 11 is 0. The van der Waals surface area contributed by atoms with Gasteiger partial charge in [-0.2, -0.15) is 0 Å². The highest BCUT2D eigenvalue weighted by atomic mass is 16.5. The van der Waals surface area contributed by atoms with Crippen LogP contribution in [-0.2, 0) is 14.3 Å². The van der Waals surface area contributed by atoms with Gasteiger partial charge < -0.3 is 20.5 Å². The largest absolute Gasteiger partial charge is 0.479 e. The summed E-state index contributed by atoms with van der Waals surface area (Å²) in [6, 6.07) is 0. The summed E-state index contributed by atoms with van der Waals surface area (Å²) in [6.45, 7) is 1.95. The molecule has 2 rings (SSSR count). The van der Waals surface area contributed by atoms with E-state index in [4.69, 9.17) is 9.84 Å². The number of amides is 1. The fraction of sp³-hybridized carbons (Fsp3) is 0.833. The Morgan fingerprint density at radius 3 is 2.56 bits per heavy atom. The number of carboxylic acids is 1. The number of carboxylic acid groups (broad SMARTS) is 1. The van der Waals surface area contributed by atoms with E-state index in [0.717, 1.165) is 19.3 Å².